The van der Waals surface area contributed by atoms with E-state index in [9.17, 15) is 4.79 Å². The van der Waals surface area contributed by atoms with Crippen molar-refractivity contribution in [3.05, 3.63) is 49.1 Å². The number of hydrogen-bond donors (Lipinski definition) is 1. The predicted molar refractivity (Wildman–Crippen MR) is 76.1 cm³/mol. The third-order valence-corrected chi connectivity index (χ3v) is 4.87. The lowest BCUT2D eigenvalue weighted by atomic mass is 10.0. The van der Waals surface area contributed by atoms with E-state index in [2.05, 4.69) is 15.9 Å². The van der Waals surface area contributed by atoms with Crippen LogP contribution >= 0.6 is 38.9 Å². The standard InChI is InChI=1S/C12H9BrClNOS/c1-6-3-2-4-8(15)10(6)11(16)9-5-7(14)12(13)17-9/h2-5H,15H2,1H3. The number of carbonyl (C=O) groups excluding carboxylic acids is 1. The van der Waals surface area contributed by atoms with Crippen LogP contribution in [-0.2, 0) is 0 Å². The summed E-state index contributed by atoms with van der Waals surface area (Å²) in [5, 5.41) is 0.547. The van der Waals surface area contributed by atoms with E-state index >= 15 is 0 Å². The molecule has 0 spiro atoms. The van der Waals surface area contributed by atoms with E-state index in [1.54, 1.807) is 12.1 Å². The largest absolute Gasteiger partial charge is 0.398 e. The van der Waals surface area contributed by atoms with Gasteiger partial charge in [0.15, 0.2) is 0 Å². The van der Waals surface area contributed by atoms with Crippen LogP contribution in [0.25, 0.3) is 0 Å². The van der Waals surface area contributed by atoms with Crippen molar-refractivity contribution in [1.82, 2.24) is 0 Å². The number of nitrogen functional groups attached to an aromatic ring is 1. The van der Waals surface area contributed by atoms with E-state index in [4.69, 9.17) is 17.3 Å². The number of thiophene rings is 1. The maximum absolute atomic E-state index is 12.3. The predicted octanol–water partition coefficient (Wildman–Crippen LogP) is 4.29. The molecule has 2 nitrogen and oxygen atoms in total. The number of rotatable bonds is 2. The molecule has 2 rings (SSSR count). The molecule has 2 N–H and O–H groups in total. The van der Waals surface area contributed by atoms with E-state index in [-0.39, 0.29) is 5.78 Å². The Morgan fingerprint density at radius 1 is 1.47 bits per heavy atom. The molecule has 0 radical (unpaired) electrons. The first-order valence-electron chi connectivity index (χ1n) is 4.85. The molecule has 1 aromatic heterocycles. The van der Waals surface area contributed by atoms with E-state index < -0.39 is 0 Å². The lowest BCUT2D eigenvalue weighted by molar-refractivity contribution is 0.104. The highest BCUT2D eigenvalue weighted by Crippen LogP contribution is 2.34. The molecule has 17 heavy (non-hydrogen) atoms. The van der Waals surface area contributed by atoms with E-state index in [1.807, 2.05) is 19.1 Å². The first-order chi connectivity index (χ1) is 8.00. The van der Waals surface area contributed by atoms with Gasteiger partial charge < -0.3 is 5.73 Å². The summed E-state index contributed by atoms with van der Waals surface area (Å²) in [4.78, 5) is 12.9. The van der Waals surface area contributed by atoms with Crippen LogP contribution in [0.1, 0.15) is 20.8 Å². The monoisotopic (exact) mass is 329 g/mol. The Kier molecular flexibility index (Phi) is 3.56. The molecule has 1 aromatic carbocycles. The summed E-state index contributed by atoms with van der Waals surface area (Å²) < 4.78 is 0.759. The Balaban J connectivity index is 2.51. The normalized spacial score (nSPS) is 10.5. The molecule has 0 saturated heterocycles. The summed E-state index contributed by atoms with van der Waals surface area (Å²) in [6, 6.07) is 7.08. The van der Waals surface area contributed by atoms with E-state index in [0.29, 0.717) is 21.2 Å². The lowest BCUT2D eigenvalue weighted by Crippen LogP contribution is -2.05. The SMILES string of the molecule is Cc1cccc(N)c1C(=O)c1cc(Cl)c(Br)s1. The molecule has 88 valence electrons. The summed E-state index contributed by atoms with van der Waals surface area (Å²) in [7, 11) is 0. The van der Waals surface area contributed by atoms with Crippen molar-refractivity contribution >= 4 is 50.3 Å². The number of carbonyl (C=O) groups is 1. The van der Waals surface area contributed by atoms with Gasteiger partial charge in [-0.1, -0.05) is 23.7 Å². The van der Waals surface area contributed by atoms with Gasteiger partial charge in [0.1, 0.15) is 0 Å². The molecule has 0 fully saturated rings. The zero-order valence-electron chi connectivity index (χ0n) is 8.96. The van der Waals surface area contributed by atoms with Crippen molar-refractivity contribution in [1.29, 1.82) is 0 Å². The highest BCUT2D eigenvalue weighted by Gasteiger charge is 2.18. The lowest BCUT2D eigenvalue weighted by Gasteiger charge is -2.06. The molecule has 1 heterocycles. The topological polar surface area (TPSA) is 43.1 Å². The summed E-state index contributed by atoms with van der Waals surface area (Å²) in [6.07, 6.45) is 0. The van der Waals surface area contributed by atoms with Crippen molar-refractivity contribution < 1.29 is 4.79 Å². The highest BCUT2D eigenvalue weighted by atomic mass is 79.9. The molecule has 0 aliphatic rings. The average Bonchev–Trinajstić information content (AvgIpc) is 2.59. The number of nitrogens with two attached hydrogens (primary N) is 1. The minimum atomic E-state index is -0.0850. The molecule has 0 amide bonds. The maximum atomic E-state index is 12.3. The van der Waals surface area contributed by atoms with Crippen molar-refractivity contribution in [3.8, 4) is 0 Å². The molecule has 0 atom stereocenters. The number of ketones is 1. The summed E-state index contributed by atoms with van der Waals surface area (Å²) in [6.45, 7) is 1.87. The average molecular weight is 331 g/mol. The Labute approximate surface area is 117 Å². The molecule has 5 heteroatoms. The van der Waals surface area contributed by atoms with Gasteiger partial charge in [-0.2, -0.15) is 0 Å². The van der Waals surface area contributed by atoms with Gasteiger partial charge in [0.2, 0.25) is 5.78 Å². The fraction of sp³-hybridized carbons (Fsp3) is 0.0833. The minimum absolute atomic E-state index is 0.0850. The van der Waals surface area contributed by atoms with Crippen molar-refractivity contribution in [2.75, 3.05) is 5.73 Å². The van der Waals surface area contributed by atoms with Gasteiger partial charge in [-0.25, -0.2) is 0 Å². The first-order valence-corrected chi connectivity index (χ1v) is 6.84. The van der Waals surface area contributed by atoms with Crippen LogP contribution in [0.4, 0.5) is 5.69 Å². The Bertz CT molecular complexity index is 554. The number of halogens is 2. The first kappa shape index (κ1) is 12.6. The van der Waals surface area contributed by atoms with Gasteiger partial charge in [0.05, 0.1) is 13.7 Å². The van der Waals surface area contributed by atoms with Crippen LogP contribution in [0.3, 0.4) is 0 Å². The summed E-state index contributed by atoms with van der Waals surface area (Å²) in [5.74, 6) is -0.0850. The van der Waals surface area contributed by atoms with Crippen LogP contribution in [0.5, 0.6) is 0 Å². The van der Waals surface area contributed by atoms with Crippen molar-refractivity contribution in [2.24, 2.45) is 0 Å². The minimum Gasteiger partial charge on any atom is -0.398 e. The van der Waals surface area contributed by atoms with Gasteiger partial charge in [-0.05, 0) is 40.5 Å². The molecular formula is C12H9BrClNOS. The van der Waals surface area contributed by atoms with Crippen LogP contribution in [0, 0.1) is 6.92 Å². The number of anilines is 1. The fourth-order valence-corrected chi connectivity index (χ4v) is 3.23. The zero-order chi connectivity index (χ0) is 12.6. The fourth-order valence-electron chi connectivity index (χ4n) is 1.58. The third-order valence-electron chi connectivity index (χ3n) is 2.40. The Morgan fingerprint density at radius 3 is 2.71 bits per heavy atom. The van der Waals surface area contributed by atoms with Gasteiger partial charge in [-0.3, -0.25) is 4.79 Å². The van der Waals surface area contributed by atoms with Crippen LogP contribution in [0.2, 0.25) is 5.02 Å². The van der Waals surface area contributed by atoms with Crippen LogP contribution in [-0.4, -0.2) is 5.78 Å². The van der Waals surface area contributed by atoms with Gasteiger partial charge in [-0.15, -0.1) is 11.3 Å². The second-order valence-electron chi connectivity index (χ2n) is 3.60. The quantitative estimate of drug-likeness (QED) is 0.659. The van der Waals surface area contributed by atoms with Gasteiger partial charge in [0.25, 0.3) is 0 Å². The molecule has 0 unspecified atom stereocenters. The van der Waals surface area contributed by atoms with E-state index in [1.165, 1.54) is 11.3 Å². The Morgan fingerprint density at radius 2 is 2.18 bits per heavy atom. The molecule has 0 aliphatic heterocycles. The van der Waals surface area contributed by atoms with Crippen LogP contribution in [0.15, 0.2) is 28.1 Å². The second kappa shape index (κ2) is 4.80. The third kappa shape index (κ3) is 2.39. The molecule has 0 saturated carbocycles. The van der Waals surface area contributed by atoms with Gasteiger partial charge >= 0.3 is 0 Å². The van der Waals surface area contributed by atoms with Crippen molar-refractivity contribution in [3.63, 3.8) is 0 Å². The summed E-state index contributed by atoms with van der Waals surface area (Å²) >= 11 is 10.5. The molecule has 2 aromatic rings. The van der Waals surface area contributed by atoms with Crippen LogP contribution < -0.4 is 5.73 Å². The Hall–Kier alpha value is -0.840. The smallest absolute Gasteiger partial charge is 0.205 e. The number of benzene rings is 1. The summed E-state index contributed by atoms with van der Waals surface area (Å²) in [5.41, 5.74) is 7.76. The molecule has 0 aliphatic carbocycles. The second-order valence-corrected chi connectivity index (χ2v) is 6.38. The number of hydrogen-bond acceptors (Lipinski definition) is 3. The van der Waals surface area contributed by atoms with Crippen molar-refractivity contribution in [2.45, 2.75) is 6.92 Å². The number of aryl methyl sites for hydroxylation is 1. The zero-order valence-corrected chi connectivity index (χ0v) is 12.1. The van der Waals surface area contributed by atoms with Gasteiger partial charge in [0, 0.05) is 11.3 Å². The van der Waals surface area contributed by atoms with E-state index in [0.717, 1.165) is 9.35 Å². The molecular weight excluding hydrogens is 322 g/mol. The highest BCUT2D eigenvalue weighted by molar-refractivity contribution is 9.11. The maximum Gasteiger partial charge on any atom is 0.205 e. The molecule has 0 bridgehead atoms.